The lowest BCUT2D eigenvalue weighted by molar-refractivity contribution is -0.154. The molecule has 1 amide bonds. The van der Waals surface area contributed by atoms with Gasteiger partial charge < -0.3 is 14.2 Å². The summed E-state index contributed by atoms with van der Waals surface area (Å²) in [6.07, 6.45) is 6.60. The topological polar surface area (TPSA) is 119 Å². The van der Waals surface area contributed by atoms with Gasteiger partial charge in [0.2, 0.25) is 10.0 Å². The molecule has 1 aliphatic carbocycles. The smallest absolute Gasteiger partial charge is 0.321 e. The number of rotatable bonds is 6. The number of amides is 1. The molecular formula is C18H27N3O6S. The van der Waals surface area contributed by atoms with Gasteiger partial charge in [-0.2, -0.15) is 4.72 Å². The molecule has 10 heteroatoms. The average Bonchev–Trinajstić information content (AvgIpc) is 3.03. The van der Waals surface area contributed by atoms with E-state index in [1.165, 1.54) is 20.3 Å². The Kier molecular flexibility index (Phi) is 6.39. The van der Waals surface area contributed by atoms with Gasteiger partial charge in [0.05, 0.1) is 0 Å². The Morgan fingerprint density at radius 2 is 1.93 bits per heavy atom. The Bertz CT molecular complexity index is 813. The molecule has 2 heterocycles. The molecule has 1 aromatic heterocycles. The van der Waals surface area contributed by atoms with E-state index in [2.05, 4.69) is 9.88 Å². The van der Waals surface area contributed by atoms with Crippen LogP contribution in [0.25, 0.3) is 0 Å². The molecule has 3 rings (SSSR count). The summed E-state index contributed by atoms with van der Waals surface area (Å²) in [7, 11) is -3.95. The molecule has 156 valence electrons. The summed E-state index contributed by atoms with van der Waals surface area (Å²) in [5.74, 6) is -0.330. The highest BCUT2D eigenvalue weighted by Gasteiger charge is 2.35. The molecule has 1 aliphatic heterocycles. The van der Waals surface area contributed by atoms with Crippen molar-refractivity contribution in [3.8, 4) is 0 Å². The highest BCUT2D eigenvalue weighted by atomic mass is 32.2. The third-order valence-corrected chi connectivity index (χ3v) is 7.21. The maximum absolute atomic E-state index is 12.5. The molecule has 1 saturated heterocycles. The second-order valence-electron chi connectivity index (χ2n) is 7.48. The van der Waals surface area contributed by atoms with Crippen molar-refractivity contribution >= 4 is 21.9 Å². The summed E-state index contributed by atoms with van der Waals surface area (Å²) in [6.45, 7) is 2.74. The lowest BCUT2D eigenvalue weighted by Crippen LogP contribution is -2.51. The van der Waals surface area contributed by atoms with E-state index >= 15 is 0 Å². The number of sulfonamides is 1. The average molecular weight is 413 g/mol. The SMILES string of the molecule is Cc1noc(C)c1S(=O)(=O)NCC(=O)OCC(=O)N1CCC[C@@H]2CCCC[C@H]21. The molecule has 0 radical (unpaired) electrons. The molecule has 2 fully saturated rings. The molecule has 9 nitrogen and oxygen atoms in total. The van der Waals surface area contributed by atoms with Gasteiger partial charge in [0.15, 0.2) is 12.4 Å². The van der Waals surface area contributed by atoms with Crippen LogP contribution in [0.3, 0.4) is 0 Å². The van der Waals surface area contributed by atoms with Crippen molar-refractivity contribution in [1.82, 2.24) is 14.8 Å². The number of hydrogen-bond acceptors (Lipinski definition) is 7. The van der Waals surface area contributed by atoms with E-state index in [0.29, 0.717) is 12.5 Å². The fourth-order valence-corrected chi connectivity index (χ4v) is 5.59. The number of carbonyl (C=O) groups excluding carboxylic acids is 2. The molecule has 2 atom stereocenters. The van der Waals surface area contributed by atoms with E-state index < -0.39 is 22.5 Å². The van der Waals surface area contributed by atoms with Crippen LogP contribution in [0.2, 0.25) is 0 Å². The first kappa shape index (κ1) is 20.8. The Balaban J connectivity index is 1.49. The van der Waals surface area contributed by atoms with Crippen molar-refractivity contribution in [2.75, 3.05) is 19.7 Å². The quantitative estimate of drug-likeness (QED) is 0.698. The van der Waals surface area contributed by atoms with Gasteiger partial charge in [0.25, 0.3) is 5.91 Å². The van der Waals surface area contributed by atoms with Gasteiger partial charge in [-0.05, 0) is 45.4 Å². The largest absolute Gasteiger partial charge is 0.455 e. The number of fused-ring (bicyclic) bond motifs is 1. The second kappa shape index (κ2) is 8.60. The van der Waals surface area contributed by atoms with Gasteiger partial charge in [-0.15, -0.1) is 0 Å². The molecule has 0 bridgehead atoms. The fraction of sp³-hybridized carbons (Fsp3) is 0.722. The maximum atomic E-state index is 12.5. The van der Waals surface area contributed by atoms with Crippen molar-refractivity contribution in [2.24, 2.45) is 5.92 Å². The standard InChI is InChI=1S/C18H27N3O6S/c1-12-18(13(2)27-20-12)28(24,25)19-10-17(23)26-11-16(22)21-9-5-7-14-6-3-4-8-15(14)21/h14-15,19H,3-11H2,1-2H3/t14-,15+/m0/s1. The summed E-state index contributed by atoms with van der Waals surface area (Å²) < 4.78 is 36.6. The molecule has 1 aromatic rings. The molecule has 1 saturated carbocycles. The third kappa shape index (κ3) is 4.54. The Morgan fingerprint density at radius 3 is 2.64 bits per heavy atom. The zero-order valence-corrected chi connectivity index (χ0v) is 17.1. The first-order valence-electron chi connectivity index (χ1n) is 9.67. The Labute approximate surface area is 164 Å². The second-order valence-corrected chi connectivity index (χ2v) is 9.18. The van der Waals surface area contributed by atoms with Crippen molar-refractivity contribution in [3.63, 3.8) is 0 Å². The monoisotopic (exact) mass is 413 g/mol. The van der Waals surface area contributed by atoms with Crippen LogP contribution in [0.15, 0.2) is 9.42 Å². The van der Waals surface area contributed by atoms with Crippen LogP contribution in [0.5, 0.6) is 0 Å². The molecule has 2 aliphatic rings. The zero-order chi connectivity index (χ0) is 20.3. The van der Waals surface area contributed by atoms with E-state index in [1.807, 2.05) is 4.90 Å². The number of carbonyl (C=O) groups is 2. The minimum atomic E-state index is -3.95. The first-order chi connectivity index (χ1) is 13.3. The van der Waals surface area contributed by atoms with Crippen LogP contribution in [0.4, 0.5) is 0 Å². The van der Waals surface area contributed by atoms with E-state index in [4.69, 9.17) is 9.26 Å². The van der Waals surface area contributed by atoms with Crippen LogP contribution in [0, 0.1) is 19.8 Å². The lowest BCUT2D eigenvalue weighted by atomic mass is 9.78. The van der Waals surface area contributed by atoms with Crippen molar-refractivity contribution in [1.29, 1.82) is 0 Å². The van der Waals surface area contributed by atoms with Gasteiger partial charge in [0, 0.05) is 12.6 Å². The first-order valence-corrected chi connectivity index (χ1v) is 11.2. The number of nitrogens with zero attached hydrogens (tertiary/aromatic N) is 2. The maximum Gasteiger partial charge on any atom is 0.321 e. The number of hydrogen-bond donors (Lipinski definition) is 1. The summed E-state index contributed by atoms with van der Waals surface area (Å²) in [4.78, 5) is 26.2. The van der Waals surface area contributed by atoms with Gasteiger partial charge in [-0.25, -0.2) is 8.42 Å². The summed E-state index contributed by atoms with van der Waals surface area (Å²) >= 11 is 0. The van der Waals surface area contributed by atoms with Gasteiger partial charge in [-0.1, -0.05) is 18.0 Å². The highest BCUT2D eigenvalue weighted by Crippen LogP contribution is 2.35. The number of ether oxygens (including phenoxy) is 1. The van der Waals surface area contributed by atoms with Crippen molar-refractivity contribution in [2.45, 2.75) is 63.3 Å². The summed E-state index contributed by atoms with van der Waals surface area (Å²) in [5, 5.41) is 3.59. The number of aryl methyl sites for hydroxylation is 2. The Hall–Kier alpha value is -1.94. The molecular weight excluding hydrogens is 386 g/mol. The lowest BCUT2D eigenvalue weighted by Gasteiger charge is -2.44. The van der Waals surface area contributed by atoms with Crippen LogP contribution in [-0.4, -0.2) is 56.1 Å². The van der Waals surface area contributed by atoms with Gasteiger partial charge in [0.1, 0.15) is 17.1 Å². The predicted molar refractivity (Wildman–Crippen MR) is 98.8 cm³/mol. The summed E-state index contributed by atoms with van der Waals surface area (Å²) in [6, 6.07) is 0.242. The van der Waals surface area contributed by atoms with E-state index in [0.717, 1.165) is 32.1 Å². The van der Waals surface area contributed by atoms with Gasteiger partial charge in [-0.3, -0.25) is 9.59 Å². The molecule has 0 unspecified atom stereocenters. The predicted octanol–water partition coefficient (Wildman–Crippen LogP) is 1.29. The van der Waals surface area contributed by atoms with Crippen LogP contribution < -0.4 is 4.72 Å². The van der Waals surface area contributed by atoms with E-state index in [9.17, 15) is 18.0 Å². The van der Waals surface area contributed by atoms with Crippen LogP contribution in [0.1, 0.15) is 50.0 Å². The van der Waals surface area contributed by atoms with Crippen molar-refractivity contribution < 1.29 is 27.3 Å². The van der Waals surface area contributed by atoms with Gasteiger partial charge >= 0.3 is 5.97 Å². The normalized spacial score (nSPS) is 22.6. The van der Waals surface area contributed by atoms with Crippen LogP contribution >= 0.6 is 0 Å². The zero-order valence-electron chi connectivity index (χ0n) is 16.3. The molecule has 0 aromatic carbocycles. The Morgan fingerprint density at radius 1 is 1.21 bits per heavy atom. The number of likely N-dealkylation sites (tertiary alicyclic amines) is 1. The molecule has 28 heavy (non-hydrogen) atoms. The molecule has 0 spiro atoms. The minimum Gasteiger partial charge on any atom is -0.455 e. The van der Waals surface area contributed by atoms with Crippen molar-refractivity contribution in [3.05, 3.63) is 11.5 Å². The number of piperidine rings is 1. The number of esters is 1. The van der Waals surface area contributed by atoms with E-state index in [-0.39, 0.29) is 34.9 Å². The minimum absolute atomic E-state index is 0.0898. The summed E-state index contributed by atoms with van der Waals surface area (Å²) in [5.41, 5.74) is 0.209. The highest BCUT2D eigenvalue weighted by molar-refractivity contribution is 7.89. The molecule has 1 N–H and O–H groups in total. The van der Waals surface area contributed by atoms with E-state index in [1.54, 1.807) is 0 Å². The number of aromatic nitrogens is 1. The van der Waals surface area contributed by atoms with Crippen LogP contribution in [-0.2, 0) is 24.3 Å². The third-order valence-electron chi connectivity index (χ3n) is 5.56. The fourth-order valence-electron chi connectivity index (χ4n) is 4.29. The number of nitrogens with one attached hydrogen (secondary N) is 1.